The van der Waals surface area contributed by atoms with Crippen molar-refractivity contribution in [2.24, 2.45) is 0 Å². The van der Waals surface area contributed by atoms with Gasteiger partial charge in [0.2, 0.25) is 0 Å². The number of halogens is 2. The van der Waals surface area contributed by atoms with Crippen LogP contribution in [0.2, 0.25) is 18.1 Å². The molecule has 0 bridgehead atoms. The van der Waals surface area contributed by atoms with E-state index in [9.17, 15) is 9.18 Å². The molecule has 0 N–H and O–H groups in total. The van der Waals surface area contributed by atoms with E-state index >= 15 is 0 Å². The third kappa shape index (κ3) is 4.68. The van der Waals surface area contributed by atoms with Gasteiger partial charge in [-0.25, -0.2) is 4.39 Å². The molecule has 0 aliphatic carbocycles. The van der Waals surface area contributed by atoms with Crippen LogP contribution in [0, 0.1) is 5.82 Å². The number of hydrogen-bond acceptors (Lipinski definition) is 2. The summed E-state index contributed by atoms with van der Waals surface area (Å²) < 4.78 is 21.8. The van der Waals surface area contributed by atoms with Crippen molar-refractivity contribution in [1.29, 1.82) is 0 Å². The molecule has 6 heteroatoms. The van der Waals surface area contributed by atoms with E-state index < -0.39 is 8.32 Å². The molecule has 0 aliphatic heterocycles. The highest BCUT2D eigenvalue weighted by Gasteiger charge is 2.38. The van der Waals surface area contributed by atoms with E-state index in [1.54, 1.807) is 29.0 Å². The summed E-state index contributed by atoms with van der Waals surface area (Å²) in [7, 11) is -1.98. The van der Waals surface area contributed by atoms with E-state index in [-0.39, 0.29) is 22.5 Å². The fourth-order valence-electron chi connectivity index (χ4n) is 2.25. The third-order valence-electron chi connectivity index (χ3n) is 4.93. The number of rotatable bonds is 5. The van der Waals surface area contributed by atoms with E-state index in [4.69, 9.17) is 4.43 Å². The van der Waals surface area contributed by atoms with Crippen LogP contribution in [0.1, 0.15) is 32.4 Å². The van der Waals surface area contributed by atoms with Gasteiger partial charge in [-0.1, -0.05) is 32.9 Å². The lowest BCUT2D eigenvalue weighted by molar-refractivity contribution is 0.246. The van der Waals surface area contributed by atoms with Crippen molar-refractivity contribution in [3.8, 4) is 0 Å². The Labute approximate surface area is 158 Å². The quantitative estimate of drug-likeness (QED) is 0.603. The lowest BCUT2D eigenvalue weighted by Gasteiger charge is -2.37. The highest BCUT2D eigenvalue weighted by molar-refractivity contribution is 9.10. The Kier molecular flexibility index (Phi) is 6.07. The van der Waals surface area contributed by atoms with Crippen molar-refractivity contribution in [2.45, 2.75) is 44.9 Å². The number of nitrogens with zero attached hydrogens (tertiary/aromatic N) is 1. The van der Waals surface area contributed by atoms with Crippen molar-refractivity contribution >= 4 is 24.2 Å². The Balaban J connectivity index is 2.41. The molecule has 0 radical (unpaired) electrons. The van der Waals surface area contributed by atoms with Gasteiger partial charge in [-0.3, -0.25) is 4.79 Å². The van der Waals surface area contributed by atoms with Gasteiger partial charge in [-0.15, -0.1) is 0 Å². The maximum absolute atomic E-state index is 13.3. The second-order valence-corrected chi connectivity index (χ2v) is 13.4. The topological polar surface area (TPSA) is 31.2 Å². The summed E-state index contributed by atoms with van der Waals surface area (Å²) in [6.45, 7) is 11.3. The zero-order chi connectivity index (χ0) is 18.8. The van der Waals surface area contributed by atoms with Gasteiger partial charge >= 0.3 is 0 Å². The molecule has 2 aromatic rings. The predicted molar refractivity (Wildman–Crippen MR) is 106 cm³/mol. The fourth-order valence-corrected chi connectivity index (χ4v) is 3.62. The summed E-state index contributed by atoms with van der Waals surface area (Å²) in [6.07, 6.45) is 1.75. The van der Waals surface area contributed by atoms with Crippen LogP contribution in [-0.2, 0) is 4.43 Å². The molecule has 0 saturated carbocycles. The minimum absolute atomic E-state index is 0.0720. The monoisotopic (exact) mass is 425 g/mol. The molecule has 136 valence electrons. The number of pyridine rings is 1. The molecule has 0 aliphatic rings. The zero-order valence-corrected chi connectivity index (χ0v) is 17.9. The average Bonchev–Trinajstić information content (AvgIpc) is 2.52. The predicted octanol–water partition coefficient (Wildman–Crippen LogP) is 5.36. The van der Waals surface area contributed by atoms with E-state index in [2.05, 4.69) is 49.8 Å². The first-order chi connectivity index (χ1) is 11.5. The lowest BCUT2D eigenvalue weighted by atomic mass is 10.1. The molecule has 0 spiro atoms. The van der Waals surface area contributed by atoms with Crippen LogP contribution < -0.4 is 5.56 Å². The summed E-state index contributed by atoms with van der Waals surface area (Å²) >= 11 is 3.30. The van der Waals surface area contributed by atoms with Gasteiger partial charge in [0.25, 0.3) is 5.56 Å². The third-order valence-corrected chi connectivity index (χ3v) is 10.0. The highest BCUT2D eigenvalue weighted by atomic mass is 79.9. The maximum Gasteiger partial charge on any atom is 0.265 e. The van der Waals surface area contributed by atoms with Crippen LogP contribution in [-0.4, -0.2) is 19.5 Å². The molecule has 2 rings (SSSR count). The van der Waals surface area contributed by atoms with Gasteiger partial charge in [0.15, 0.2) is 8.32 Å². The molecule has 1 unspecified atom stereocenters. The Morgan fingerprint density at radius 1 is 1.20 bits per heavy atom. The molecule has 25 heavy (non-hydrogen) atoms. The molecular formula is C19H25BrFNO2Si. The first kappa shape index (κ1) is 20.1. The van der Waals surface area contributed by atoms with Crippen LogP contribution >= 0.6 is 15.9 Å². The van der Waals surface area contributed by atoms with Crippen molar-refractivity contribution in [3.05, 3.63) is 68.8 Å². The van der Waals surface area contributed by atoms with E-state index in [1.165, 1.54) is 12.1 Å². The molecule has 3 nitrogen and oxygen atoms in total. The molecule has 1 aromatic carbocycles. The van der Waals surface area contributed by atoms with Gasteiger partial charge in [0.05, 0.1) is 17.1 Å². The highest BCUT2D eigenvalue weighted by Crippen LogP contribution is 2.37. The summed E-state index contributed by atoms with van der Waals surface area (Å²) in [5.74, 6) is -0.297. The zero-order valence-electron chi connectivity index (χ0n) is 15.3. The fraction of sp³-hybridized carbons (Fsp3) is 0.421. The second kappa shape index (κ2) is 7.56. The maximum atomic E-state index is 13.3. The van der Waals surface area contributed by atoms with E-state index in [1.807, 2.05) is 6.07 Å². The summed E-state index contributed by atoms with van der Waals surface area (Å²) in [5.41, 5.74) is 0.718. The molecule has 1 atom stereocenters. The van der Waals surface area contributed by atoms with Gasteiger partial charge in [0.1, 0.15) is 5.82 Å². The number of hydrogen-bond donors (Lipinski definition) is 0. The number of benzene rings is 1. The van der Waals surface area contributed by atoms with Gasteiger partial charge in [0, 0.05) is 6.20 Å². The normalized spacial score (nSPS) is 13.7. The smallest absolute Gasteiger partial charge is 0.265 e. The molecule has 1 aromatic heterocycles. The van der Waals surface area contributed by atoms with Crippen LogP contribution in [0.5, 0.6) is 0 Å². The molecule has 0 saturated heterocycles. The standard InChI is InChI=1S/C19H25BrFNO2Si/c1-19(2,3)25(4,5)24-13-17(14-8-10-15(21)11-9-14)22-12-6-7-16(20)18(22)23/h6-12,17H,13H2,1-5H3. The largest absolute Gasteiger partial charge is 0.414 e. The van der Waals surface area contributed by atoms with E-state index in [0.29, 0.717) is 11.1 Å². The lowest BCUT2D eigenvalue weighted by Crippen LogP contribution is -2.43. The minimum atomic E-state index is -1.98. The first-order valence-electron chi connectivity index (χ1n) is 8.29. The second-order valence-electron chi connectivity index (χ2n) is 7.71. The Morgan fingerprint density at radius 2 is 1.80 bits per heavy atom. The summed E-state index contributed by atoms with van der Waals surface area (Å²) in [6, 6.07) is 9.48. The van der Waals surface area contributed by atoms with Gasteiger partial charge in [-0.2, -0.15) is 0 Å². The van der Waals surface area contributed by atoms with Crippen LogP contribution in [0.15, 0.2) is 51.9 Å². The molecule has 0 amide bonds. The average molecular weight is 426 g/mol. The SMILES string of the molecule is CC(C)(C)[Si](C)(C)OCC(c1ccc(F)cc1)n1cccc(Br)c1=O. The minimum Gasteiger partial charge on any atom is -0.414 e. The van der Waals surface area contributed by atoms with Gasteiger partial charge < -0.3 is 8.99 Å². The van der Waals surface area contributed by atoms with Gasteiger partial charge in [-0.05, 0) is 63.9 Å². The van der Waals surface area contributed by atoms with Crippen LogP contribution in [0.25, 0.3) is 0 Å². The first-order valence-corrected chi connectivity index (χ1v) is 12.0. The summed E-state index contributed by atoms with van der Waals surface area (Å²) in [4.78, 5) is 12.6. The van der Waals surface area contributed by atoms with Crippen molar-refractivity contribution < 1.29 is 8.82 Å². The molecule has 1 heterocycles. The summed E-state index contributed by atoms with van der Waals surface area (Å²) in [5, 5.41) is 0.0720. The van der Waals surface area contributed by atoms with Crippen molar-refractivity contribution in [1.82, 2.24) is 4.57 Å². The van der Waals surface area contributed by atoms with Crippen molar-refractivity contribution in [2.75, 3.05) is 6.61 Å². The molecular weight excluding hydrogens is 401 g/mol. The van der Waals surface area contributed by atoms with Crippen LogP contribution in [0.4, 0.5) is 4.39 Å². The van der Waals surface area contributed by atoms with Crippen LogP contribution in [0.3, 0.4) is 0 Å². The molecule has 0 fully saturated rings. The Hall–Kier alpha value is -1.24. The van der Waals surface area contributed by atoms with E-state index in [0.717, 1.165) is 5.56 Å². The Morgan fingerprint density at radius 3 is 2.36 bits per heavy atom. The number of aromatic nitrogens is 1. The van der Waals surface area contributed by atoms with Crippen molar-refractivity contribution in [3.63, 3.8) is 0 Å². The Bertz CT molecular complexity index is 781.